The van der Waals surface area contributed by atoms with Gasteiger partial charge < -0.3 is 10.4 Å². The second-order valence-corrected chi connectivity index (χ2v) is 5.71. The normalized spacial score (nSPS) is 16.9. The molecule has 0 amide bonds. The second-order valence-electron chi connectivity index (χ2n) is 4.86. The quantitative estimate of drug-likeness (QED) is 0.909. The van der Waals surface area contributed by atoms with E-state index in [1.165, 1.54) is 0 Å². The lowest BCUT2D eigenvalue weighted by atomic mass is 9.76. The number of benzene rings is 1. The number of fused-ring (bicyclic) bond motifs is 1. The average Bonchev–Trinajstić information content (AvgIpc) is 2.34. The van der Waals surface area contributed by atoms with E-state index in [0.717, 1.165) is 21.7 Å². The van der Waals surface area contributed by atoms with Gasteiger partial charge >= 0.3 is 5.97 Å². The Morgan fingerprint density at radius 2 is 2.11 bits per heavy atom. The van der Waals surface area contributed by atoms with Gasteiger partial charge in [0.25, 0.3) is 0 Å². The third-order valence-electron chi connectivity index (χ3n) is 3.73. The molecule has 1 aromatic heterocycles. The molecule has 1 aliphatic carbocycles. The van der Waals surface area contributed by atoms with E-state index >= 15 is 0 Å². The van der Waals surface area contributed by atoms with Crippen LogP contribution in [0.4, 0.5) is 5.82 Å². The Bertz CT molecular complexity index is 653. The molecular formula is C14H13BrN2O2. The zero-order valence-corrected chi connectivity index (χ0v) is 11.8. The number of carboxylic acids is 1. The van der Waals surface area contributed by atoms with E-state index in [2.05, 4.69) is 26.2 Å². The molecule has 4 nitrogen and oxygen atoms in total. The minimum Gasteiger partial charge on any atom is -0.480 e. The third kappa shape index (κ3) is 1.98. The van der Waals surface area contributed by atoms with Crippen molar-refractivity contribution in [2.45, 2.75) is 24.8 Å². The lowest BCUT2D eigenvalue weighted by Crippen LogP contribution is -2.52. The number of hydrogen-bond acceptors (Lipinski definition) is 3. The first kappa shape index (κ1) is 12.4. The zero-order valence-electron chi connectivity index (χ0n) is 10.2. The maximum atomic E-state index is 11.4. The third-order valence-corrected chi connectivity index (χ3v) is 4.42. The fourth-order valence-electron chi connectivity index (χ4n) is 2.42. The molecule has 5 heteroatoms. The fraction of sp³-hybridized carbons (Fsp3) is 0.286. The van der Waals surface area contributed by atoms with Crippen molar-refractivity contribution in [3.8, 4) is 0 Å². The van der Waals surface area contributed by atoms with Gasteiger partial charge in [-0.05, 0) is 31.4 Å². The minimum absolute atomic E-state index is 0.640. The van der Waals surface area contributed by atoms with Crippen LogP contribution in [0.5, 0.6) is 0 Å². The van der Waals surface area contributed by atoms with Crippen molar-refractivity contribution in [2.24, 2.45) is 0 Å². The van der Waals surface area contributed by atoms with E-state index in [-0.39, 0.29) is 0 Å². The number of carboxylic acid groups (broad SMARTS) is 1. The van der Waals surface area contributed by atoms with Gasteiger partial charge in [-0.15, -0.1) is 0 Å². The summed E-state index contributed by atoms with van der Waals surface area (Å²) in [6.07, 6.45) is 3.93. The van der Waals surface area contributed by atoms with Crippen LogP contribution in [0.25, 0.3) is 10.8 Å². The predicted molar refractivity (Wildman–Crippen MR) is 77.3 cm³/mol. The van der Waals surface area contributed by atoms with E-state index in [1.54, 1.807) is 6.20 Å². The molecule has 0 unspecified atom stereocenters. The number of nitrogens with zero attached hydrogens (tertiary/aromatic N) is 1. The van der Waals surface area contributed by atoms with Gasteiger partial charge in [-0.25, -0.2) is 9.78 Å². The van der Waals surface area contributed by atoms with Gasteiger partial charge in [-0.3, -0.25) is 0 Å². The van der Waals surface area contributed by atoms with E-state index in [0.29, 0.717) is 18.7 Å². The van der Waals surface area contributed by atoms with E-state index in [4.69, 9.17) is 0 Å². The molecule has 2 N–H and O–H groups in total. The van der Waals surface area contributed by atoms with Crippen LogP contribution in [-0.4, -0.2) is 21.6 Å². The smallest absolute Gasteiger partial charge is 0.329 e. The first-order valence-electron chi connectivity index (χ1n) is 6.17. The summed E-state index contributed by atoms with van der Waals surface area (Å²) in [7, 11) is 0. The first-order valence-corrected chi connectivity index (χ1v) is 6.96. The predicted octanol–water partition coefficient (Wildman–Crippen LogP) is 3.42. The number of rotatable bonds is 3. The Hall–Kier alpha value is -1.62. The Balaban J connectivity index is 2.06. The van der Waals surface area contributed by atoms with Crippen molar-refractivity contribution in [3.05, 3.63) is 34.9 Å². The Kier molecular flexibility index (Phi) is 2.93. The van der Waals surface area contributed by atoms with E-state index in [9.17, 15) is 9.90 Å². The fourth-order valence-corrected chi connectivity index (χ4v) is 2.92. The highest BCUT2D eigenvalue weighted by atomic mass is 79.9. The number of pyridine rings is 1. The lowest BCUT2D eigenvalue weighted by molar-refractivity contribution is -0.145. The number of carbonyl (C=O) groups is 1. The van der Waals surface area contributed by atoms with Gasteiger partial charge in [-0.2, -0.15) is 0 Å². The highest BCUT2D eigenvalue weighted by Gasteiger charge is 2.44. The zero-order chi connectivity index (χ0) is 13.5. The van der Waals surface area contributed by atoms with Gasteiger partial charge in [0, 0.05) is 21.4 Å². The minimum atomic E-state index is -0.844. The molecule has 98 valence electrons. The molecule has 0 aliphatic heterocycles. The summed E-state index contributed by atoms with van der Waals surface area (Å²) in [5, 5.41) is 14.5. The standard InChI is InChI=1S/C14H13BrN2O2/c15-11-4-1-3-10-9(11)5-8-16-12(10)17-14(13(18)19)6-2-7-14/h1,3-5,8H,2,6-7H2,(H,16,17)(H,18,19). The average molecular weight is 321 g/mol. The van der Waals surface area contributed by atoms with Crippen LogP contribution in [0.1, 0.15) is 19.3 Å². The van der Waals surface area contributed by atoms with Gasteiger partial charge in [0.15, 0.2) is 0 Å². The molecular weight excluding hydrogens is 308 g/mol. The number of aliphatic carboxylic acids is 1. The molecule has 19 heavy (non-hydrogen) atoms. The molecule has 0 bridgehead atoms. The number of aromatic nitrogens is 1. The lowest BCUT2D eigenvalue weighted by Gasteiger charge is -2.38. The SMILES string of the molecule is O=C(O)C1(Nc2nccc3c(Br)cccc23)CCC1. The Morgan fingerprint density at radius 3 is 2.74 bits per heavy atom. The van der Waals surface area contributed by atoms with Crippen molar-refractivity contribution in [2.75, 3.05) is 5.32 Å². The van der Waals surface area contributed by atoms with Crippen molar-refractivity contribution < 1.29 is 9.90 Å². The number of hydrogen-bond donors (Lipinski definition) is 2. The highest BCUT2D eigenvalue weighted by molar-refractivity contribution is 9.10. The molecule has 0 atom stereocenters. The van der Waals surface area contributed by atoms with Gasteiger partial charge in [0.1, 0.15) is 11.4 Å². The van der Waals surface area contributed by atoms with Crippen LogP contribution in [-0.2, 0) is 4.79 Å². The van der Waals surface area contributed by atoms with Crippen molar-refractivity contribution >= 4 is 38.5 Å². The Morgan fingerprint density at radius 1 is 1.32 bits per heavy atom. The maximum Gasteiger partial charge on any atom is 0.329 e. The summed E-state index contributed by atoms with van der Waals surface area (Å²) in [6, 6.07) is 7.75. The molecule has 2 aromatic rings. The summed E-state index contributed by atoms with van der Waals surface area (Å²) >= 11 is 3.50. The van der Waals surface area contributed by atoms with Crippen LogP contribution in [0, 0.1) is 0 Å². The molecule has 0 saturated heterocycles. The van der Waals surface area contributed by atoms with Crippen LogP contribution in [0.2, 0.25) is 0 Å². The summed E-state index contributed by atoms with van der Waals surface area (Å²) < 4.78 is 0.980. The summed E-state index contributed by atoms with van der Waals surface area (Å²) in [5.74, 6) is -0.159. The highest BCUT2D eigenvalue weighted by Crippen LogP contribution is 2.37. The van der Waals surface area contributed by atoms with Crippen LogP contribution in [0.3, 0.4) is 0 Å². The molecule has 0 radical (unpaired) electrons. The summed E-state index contributed by atoms with van der Waals surface area (Å²) in [6.45, 7) is 0. The van der Waals surface area contributed by atoms with E-state index < -0.39 is 11.5 Å². The molecule has 1 saturated carbocycles. The number of halogens is 1. The topological polar surface area (TPSA) is 62.2 Å². The molecule has 3 rings (SSSR count). The van der Waals surface area contributed by atoms with Crippen LogP contribution in [0.15, 0.2) is 34.9 Å². The van der Waals surface area contributed by atoms with Crippen molar-refractivity contribution in [1.82, 2.24) is 4.98 Å². The van der Waals surface area contributed by atoms with Crippen LogP contribution < -0.4 is 5.32 Å². The van der Waals surface area contributed by atoms with Crippen LogP contribution >= 0.6 is 15.9 Å². The second kappa shape index (κ2) is 4.49. The Labute approximate surface area is 119 Å². The van der Waals surface area contributed by atoms with E-state index in [1.807, 2.05) is 24.3 Å². The van der Waals surface area contributed by atoms with Gasteiger partial charge in [-0.1, -0.05) is 28.1 Å². The summed E-state index contributed by atoms with van der Waals surface area (Å²) in [5.41, 5.74) is -0.844. The molecule has 1 heterocycles. The largest absolute Gasteiger partial charge is 0.480 e. The number of nitrogens with one attached hydrogen (secondary N) is 1. The number of anilines is 1. The molecule has 1 aliphatic rings. The maximum absolute atomic E-state index is 11.4. The van der Waals surface area contributed by atoms with Crippen molar-refractivity contribution in [1.29, 1.82) is 0 Å². The first-order chi connectivity index (χ1) is 9.12. The molecule has 0 spiro atoms. The van der Waals surface area contributed by atoms with Crippen molar-refractivity contribution in [3.63, 3.8) is 0 Å². The summed E-state index contributed by atoms with van der Waals surface area (Å²) in [4.78, 5) is 15.7. The van der Waals surface area contributed by atoms with Gasteiger partial charge in [0.2, 0.25) is 0 Å². The monoisotopic (exact) mass is 320 g/mol. The van der Waals surface area contributed by atoms with Gasteiger partial charge in [0.05, 0.1) is 0 Å². The molecule has 1 aromatic carbocycles. The molecule has 1 fully saturated rings.